The third kappa shape index (κ3) is 4.46. The van der Waals surface area contributed by atoms with E-state index in [1.54, 1.807) is 12.1 Å². The Labute approximate surface area is 176 Å². The van der Waals surface area contributed by atoms with Crippen LogP contribution in [0.25, 0.3) is 0 Å². The molecule has 0 saturated heterocycles. The zero-order chi connectivity index (χ0) is 22.1. The molecule has 0 atom stereocenters. The van der Waals surface area contributed by atoms with Gasteiger partial charge < -0.3 is 0 Å². The Morgan fingerprint density at radius 3 is 1.93 bits per heavy atom. The van der Waals surface area contributed by atoms with Crippen molar-refractivity contribution in [3.63, 3.8) is 0 Å². The van der Waals surface area contributed by atoms with Gasteiger partial charge >= 0.3 is 176 Å². The summed E-state index contributed by atoms with van der Waals surface area (Å²) in [6.07, 6.45) is 6.92. The van der Waals surface area contributed by atoms with E-state index in [1.807, 2.05) is 0 Å². The van der Waals surface area contributed by atoms with Crippen molar-refractivity contribution in [3.05, 3.63) is 65.7 Å². The summed E-state index contributed by atoms with van der Waals surface area (Å²) in [7, 11) is -6.45. The van der Waals surface area contributed by atoms with Crippen molar-refractivity contribution >= 4 is 17.9 Å². The Balaban J connectivity index is 1.93. The predicted molar refractivity (Wildman–Crippen MR) is 120 cm³/mol. The van der Waals surface area contributed by atoms with Crippen molar-refractivity contribution in [2.24, 2.45) is 5.92 Å². The molecule has 0 spiro atoms. The van der Waals surface area contributed by atoms with Gasteiger partial charge in [-0.15, -0.1) is 0 Å². The summed E-state index contributed by atoms with van der Waals surface area (Å²) < 4.78 is 62.6. The summed E-state index contributed by atoms with van der Waals surface area (Å²) in [4.78, 5) is 0. The van der Waals surface area contributed by atoms with Crippen LogP contribution in [0.4, 0.5) is 16.8 Å². The quantitative estimate of drug-likeness (QED) is 0.187. The van der Waals surface area contributed by atoms with E-state index >= 15 is 16.8 Å². The standard InChI is InChI=1S/C24H32F4NP/c1-4-8-19-11-13-20(14-12-19)21-15-17-22(18-16-21)24(29(2)3)30(25,26,27,28)23-9-6-5-7-10-23/h5-7,9-10,15-20H,4,8,11-14H2,1-3H3. The van der Waals surface area contributed by atoms with Crippen molar-refractivity contribution in [2.75, 3.05) is 14.1 Å². The number of halogens is 4. The van der Waals surface area contributed by atoms with Gasteiger partial charge in [0, 0.05) is 0 Å². The van der Waals surface area contributed by atoms with Crippen LogP contribution in [0, 0.1) is 5.92 Å². The van der Waals surface area contributed by atoms with Crippen LogP contribution in [0.2, 0.25) is 0 Å². The molecule has 1 saturated carbocycles. The number of hydrogen-bond acceptors (Lipinski definition) is 0. The van der Waals surface area contributed by atoms with Gasteiger partial charge in [-0.05, 0) is 0 Å². The summed E-state index contributed by atoms with van der Waals surface area (Å²) in [5.41, 5.74) is -0.265. The topological polar surface area (TPSA) is 3.01 Å². The van der Waals surface area contributed by atoms with Gasteiger partial charge in [-0.1, -0.05) is 0 Å². The summed E-state index contributed by atoms with van der Waals surface area (Å²) in [5, 5.41) is -1.20. The van der Waals surface area contributed by atoms with E-state index in [-0.39, 0.29) is 5.56 Å². The number of hydrogen-bond donors (Lipinski definition) is 0. The molecule has 3 rings (SSSR count). The molecule has 2 aromatic carbocycles. The van der Waals surface area contributed by atoms with E-state index in [2.05, 4.69) is 6.92 Å². The second kappa shape index (κ2) is 7.75. The van der Waals surface area contributed by atoms with Crippen LogP contribution >= 0.6 is 7.19 Å². The maximum absolute atomic E-state index is 15.4. The van der Waals surface area contributed by atoms with Crippen LogP contribution in [-0.2, 0) is 0 Å². The molecule has 2 aromatic rings. The van der Waals surface area contributed by atoms with E-state index in [0.29, 0.717) is 5.92 Å². The van der Waals surface area contributed by atoms with Gasteiger partial charge in [0.25, 0.3) is 0 Å². The van der Waals surface area contributed by atoms with Gasteiger partial charge in [0.2, 0.25) is 0 Å². The number of nitrogens with zero attached hydrogens (tertiary/aromatic N) is 1. The Hall–Kier alpha value is -1.74. The number of benzene rings is 2. The van der Waals surface area contributed by atoms with Gasteiger partial charge in [-0.3, -0.25) is 0 Å². The SMILES string of the molecule is CCCC1CCC(c2ccc(C(=[N+](C)C)[P-](F)(F)(F)(F)c3ccccc3)cc2)CC1. The fourth-order valence-electron chi connectivity index (χ4n) is 4.87. The minimum absolute atomic E-state index is 0.127. The molecular formula is C24H32F4NP. The summed E-state index contributed by atoms with van der Waals surface area (Å²) in [6, 6.07) is 11.9. The van der Waals surface area contributed by atoms with Crippen molar-refractivity contribution in [1.29, 1.82) is 0 Å². The number of rotatable bonds is 6. The molecule has 30 heavy (non-hydrogen) atoms. The van der Waals surface area contributed by atoms with Crippen LogP contribution in [0.15, 0.2) is 54.6 Å². The average Bonchev–Trinajstić information content (AvgIpc) is 2.69. The molecule has 1 fully saturated rings. The van der Waals surface area contributed by atoms with E-state index in [4.69, 9.17) is 0 Å². The zero-order valence-corrected chi connectivity index (χ0v) is 18.9. The minimum atomic E-state index is -8.96. The first-order chi connectivity index (χ1) is 14.0. The van der Waals surface area contributed by atoms with Gasteiger partial charge in [-0.25, -0.2) is 0 Å². The second-order valence-electron chi connectivity index (χ2n) is 8.85. The predicted octanol–water partition coefficient (Wildman–Crippen LogP) is 7.73. The zero-order valence-electron chi connectivity index (χ0n) is 18.0. The van der Waals surface area contributed by atoms with Crippen LogP contribution in [-0.4, -0.2) is 24.1 Å². The van der Waals surface area contributed by atoms with Gasteiger partial charge in [0.05, 0.1) is 0 Å². The van der Waals surface area contributed by atoms with E-state index < -0.39 is 17.9 Å². The van der Waals surface area contributed by atoms with Gasteiger partial charge in [0.15, 0.2) is 0 Å². The van der Waals surface area contributed by atoms with Crippen LogP contribution in [0.5, 0.6) is 0 Å². The van der Waals surface area contributed by atoms with Crippen molar-refractivity contribution < 1.29 is 21.4 Å². The molecule has 0 unspecified atom stereocenters. The van der Waals surface area contributed by atoms with E-state index in [9.17, 15) is 0 Å². The second-order valence-corrected chi connectivity index (χ2v) is 12.1. The summed E-state index contributed by atoms with van der Waals surface area (Å²) in [5.74, 6) is 1.15. The average molecular weight is 441 g/mol. The van der Waals surface area contributed by atoms with Gasteiger partial charge in [-0.2, -0.15) is 0 Å². The molecule has 0 N–H and O–H groups in total. The third-order valence-corrected chi connectivity index (χ3v) is 9.16. The Kier molecular flexibility index (Phi) is 5.92. The molecule has 0 heterocycles. The Morgan fingerprint density at radius 1 is 0.867 bits per heavy atom. The van der Waals surface area contributed by atoms with Crippen molar-refractivity contribution in [1.82, 2.24) is 0 Å². The molecule has 0 amide bonds. The van der Waals surface area contributed by atoms with Crippen molar-refractivity contribution in [3.8, 4) is 0 Å². The molecule has 1 nitrogen and oxygen atoms in total. The first-order valence-corrected chi connectivity index (χ1v) is 13.0. The molecular weight excluding hydrogens is 409 g/mol. The van der Waals surface area contributed by atoms with Crippen LogP contribution in [0.1, 0.15) is 62.5 Å². The normalized spacial score (nSPS) is 22.1. The third-order valence-electron chi connectivity index (χ3n) is 6.31. The Morgan fingerprint density at radius 2 is 1.43 bits per heavy atom. The molecule has 0 aliphatic heterocycles. The van der Waals surface area contributed by atoms with Crippen LogP contribution in [0.3, 0.4) is 0 Å². The van der Waals surface area contributed by atoms with E-state index in [1.165, 1.54) is 70.1 Å². The molecule has 6 heteroatoms. The molecule has 1 aliphatic rings. The fourth-order valence-corrected chi connectivity index (χ4v) is 7.36. The Bertz CT molecular complexity index is 904. The fraction of sp³-hybridized carbons (Fsp3) is 0.458. The monoisotopic (exact) mass is 441 g/mol. The molecule has 0 radical (unpaired) electrons. The van der Waals surface area contributed by atoms with Gasteiger partial charge in [0.1, 0.15) is 0 Å². The molecule has 166 valence electrons. The van der Waals surface area contributed by atoms with Crippen molar-refractivity contribution in [2.45, 2.75) is 51.4 Å². The summed E-state index contributed by atoms with van der Waals surface area (Å²) >= 11 is 0. The molecule has 1 aliphatic carbocycles. The first kappa shape index (κ1) is 22.9. The molecule has 0 bridgehead atoms. The van der Waals surface area contributed by atoms with E-state index in [0.717, 1.165) is 41.0 Å². The summed E-state index contributed by atoms with van der Waals surface area (Å²) in [6.45, 7) is 2.20. The maximum atomic E-state index is 15.4. The van der Waals surface area contributed by atoms with Crippen LogP contribution < -0.4 is 5.30 Å². The first-order valence-electron chi connectivity index (χ1n) is 10.8. The molecule has 0 aromatic heterocycles.